The van der Waals surface area contributed by atoms with Crippen LogP contribution in [0.25, 0.3) is 22.2 Å². The molecule has 0 saturated carbocycles. The van der Waals surface area contributed by atoms with Gasteiger partial charge in [0.2, 0.25) is 6.79 Å². The second-order valence-corrected chi connectivity index (χ2v) is 7.77. The van der Waals surface area contributed by atoms with Gasteiger partial charge in [0, 0.05) is 23.6 Å². The number of amides is 1. The van der Waals surface area contributed by atoms with Gasteiger partial charge < -0.3 is 24.6 Å². The molecule has 1 amide bonds. The maximum absolute atomic E-state index is 13.3. The van der Waals surface area contributed by atoms with Crippen molar-refractivity contribution in [3.05, 3.63) is 84.2 Å². The van der Waals surface area contributed by atoms with E-state index in [4.69, 9.17) is 14.2 Å². The Bertz CT molecular complexity index is 1340. The molecule has 1 unspecified atom stereocenters. The summed E-state index contributed by atoms with van der Waals surface area (Å²) in [4.78, 5) is 17.6. The number of rotatable bonds is 7. The predicted octanol–water partition coefficient (Wildman–Crippen LogP) is 3.94. The number of ether oxygens (including phenoxy) is 3. The molecule has 1 aliphatic rings. The van der Waals surface area contributed by atoms with Crippen molar-refractivity contribution in [3.8, 4) is 28.5 Å². The second kappa shape index (κ2) is 9.36. The molecule has 1 atom stereocenters. The third-order valence-electron chi connectivity index (χ3n) is 5.39. The van der Waals surface area contributed by atoms with Gasteiger partial charge in [0.25, 0.3) is 5.91 Å². The Hall–Kier alpha value is -4.17. The normalized spacial score (nSPS) is 13.0. The maximum atomic E-state index is 13.3. The standard InChI is InChI=1S/C26H21FN2O5/c27-17-7-5-16(6-8-17)23-12-21(20-3-1-2-4-22(20)29-23)26(31)28-13-18(30)14-32-19-9-10-24-25(11-19)34-15-33-24/h1-12,18,30H,13-15H2,(H,28,31). The zero-order valence-corrected chi connectivity index (χ0v) is 18.0. The van der Waals surface area contributed by atoms with Gasteiger partial charge in [0.05, 0.1) is 16.8 Å². The number of aliphatic hydroxyl groups excluding tert-OH is 1. The molecule has 0 radical (unpaired) electrons. The van der Waals surface area contributed by atoms with Gasteiger partial charge in [-0.15, -0.1) is 0 Å². The Morgan fingerprint density at radius 3 is 2.71 bits per heavy atom. The van der Waals surface area contributed by atoms with Crippen LogP contribution in [-0.2, 0) is 0 Å². The fourth-order valence-corrected chi connectivity index (χ4v) is 3.66. The first-order valence-corrected chi connectivity index (χ1v) is 10.7. The third-order valence-corrected chi connectivity index (χ3v) is 5.39. The van der Waals surface area contributed by atoms with Gasteiger partial charge in [0.15, 0.2) is 11.5 Å². The monoisotopic (exact) mass is 460 g/mol. The third kappa shape index (κ3) is 4.62. The highest BCUT2D eigenvalue weighted by molar-refractivity contribution is 6.07. The lowest BCUT2D eigenvalue weighted by Gasteiger charge is -2.15. The van der Waals surface area contributed by atoms with Crippen molar-refractivity contribution in [2.45, 2.75) is 6.10 Å². The SMILES string of the molecule is O=C(NCC(O)COc1ccc2c(c1)OCO2)c1cc(-c2ccc(F)cc2)nc2ccccc12. The molecular weight excluding hydrogens is 439 g/mol. The molecule has 0 bridgehead atoms. The number of pyridine rings is 1. The van der Waals surface area contributed by atoms with Gasteiger partial charge >= 0.3 is 0 Å². The average molecular weight is 460 g/mol. The molecule has 7 nitrogen and oxygen atoms in total. The van der Waals surface area contributed by atoms with Crippen LogP contribution in [0.1, 0.15) is 10.4 Å². The molecule has 172 valence electrons. The van der Waals surface area contributed by atoms with Crippen LogP contribution in [0, 0.1) is 5.82 Å². The Labute approximate surface area is 194 Å². The van der Waals surface area contributed by atoms with Crippen LogP contribution in [0.3, 0.4) is 0 Å². The summed E-state index contributed by atoms with van der Waals surface area (Å²) in [5.74, 6) is 1.05. The summed E-state index contributed by atoms with van der Waals surface area (Å²) in [5.41, 5.74) is 2.30. The van der Waals surface area contributed by atoms with Crippen LogP contribution in [0.15, 0.2) is 72.8 Å². The molecule has 1 aliphatic heterocycles. The summed E-state index contributed by atoms with van der Waals surface area (Å²) >= 11 is 0. The lowest BCUT2D eigenvalue weighted by Crippen LogP contribution is -2.35. The molecule has 3 aromatic carbocycles. The first-order valence-electron chi connectivity index (χ1n) is 10.7. The summed E-state index contributed by atoms with van der Waals surface area (Å²) in [6.07, 6.45) is -0.931. The predicted molar refractivity (Wildman–Crippen MR) is 124 cm³/mol. The van der Waals surface area contributed by atoms with Crippen molar-refractivity contribution in [3.63, 3.8) is 0 Å². The summed E-state index contributed by atoms with van der Waals surface area (Å²) in [7, 11) is 0. The number of aromatic nitrogens is 1. The van der Waals surface area contributed by atoms with E-state index in [0.717, 1.165) is 0 Å². The average Bonchev–Trinajstić information content (AvgIpc) is 3.34. The van der Waals surface area contributed by atoms with Crippen LogP contribution < -0.4 is 19.5 Å². The number of hydrogen-bond acceptors (Lipinski definition) is 6. The summed E-state index contributed by atoms with van der Waals surface area (Å²) in [5, 5.41) is 13.8. The number of para-hydroxylation sites is 1. The van der Waals surface area contributed by atoms with E-state index in [1.807, 2.05) is 24.3 Å². The minimum absolute atomic E-state index is 0.00802. The highest BCUT2D eigenvalue weighted by Gasteiger charge is 2.17. The molecule has 0 fully saturated rings. The molecule has 2 heterocycles. The largest absolute Gasteiger partial charge is 0.491 e. The van der Waals surface area contributed by atoms with Gasteiger partial charge in [-0.05, 0) is 48.5 Å². The molecule has 5 rings (SSSR count). The zero-order chi connectivity index (χ0) is 23.5. The van der Waals surface area contributed by atoms with Crippen molar-refractivity contribution >= 4 is 16.8 Å². The summed E-state index contributed by atoms with van der Waals surface area (Å²) in [6.45, 7) is 0.143. The van der Waals surface area contributed by atoms with E-state index in [-0.39, 0.29) is 31.7 Å². The van der Waals surface area contributed by atoms with E-state index >= 15 is 0 Å². The lowest BCUT2D eigenvalue weighted by molar-refractivity contribution is 0.0844. The number of fused-ring (bicyclic) bond motifs is 2. The molecule has 8 heteroatoms. The molecule has 1 aromatic heterocycles. The quantitative estimate of drug-likeness (QED) is 0.434. The maximum Gasteiger partial charge on any atom is 0.252 e. The molecular formula is C26H21FN2O5. The van der Waals surface area contributed by atoms with Crippen molar-refractivity contribution in [2.24, 2.45) is 0 Å². The Balaban J connectivity index is 1.27. The van der Waals surface area contributed by atoms with Crippen molar-refractivity contribution in [1.82, 2.24) is 10.3 Å². The van der Waals surface area contributed by atoms with Crippen molar-refractivity contribution in [2.75, 3.05) is 19.9 Å². The summed E-state index contributed by atoms with van der Waals surface area (Å²) < 4.78 is 29.5. The smallest absolute Gasteiger partial charge is 0.252 e. The van der Waals surface area contributed by atoms with E-state index in [1.165, 1.54) is 12.1 Å². The fraction of sp³-hybridized carbons (Fsp3) is 0.154. The molecule has 0 spiro atoms. The Morgan fingerprint density at radius 1 is 1.06 bits per heavy atom. The number of halogens is 1. The van der Waals surface area contributed by atoms with Crippen LogP contribution >= 0.6 is 0 Å². The second-order valence-electron chi connectivity index (χ2n) is 7.77. The highest BCUT2D eigenvalue weighted by atomic mass is 19.1. The molecule has 2 N–H and O–H groups in total. The first kappa shape index (κ1) is 21.7. The van der Waals surface area contributed by atoms with Crippen LogP contribution in [-0.4, -0.2) is 42.0 Å². The van der Waals surface area contributed by atoms with E-state index in [1.54, 1.807) is 36.4 Å². The number of benzene rings is 3. The number of aliphatic hydroxyl groups is 1. The van der Waals surface area contributed by atoms with E-state index in [9.17, 15) is 14.3 Å². The van der Waals surface area contributed by atoms with E-state index < -0.39 is 6.10 Å². The molecule has 0 aliphatic carbocycles. The number of hydrogen-bond donors (Lipinski definition) is 2. The van der Waals surface area contributed by atoms with Crippen molar-refractivity contribution < 1.29 is 28.5 Å². The minimum atomic E-state index is -0.931. The van der Waals surface area contributed by atoms with E-state index in [2.05, 4.69) is 10.3 Å². The minimum Gasteiger partial charge on any atom is -0.491 e. The van der Waals surface area contributed by atoms with Gasteiger partial charge in [-0.1, -0.05) is 18.2 Å². The Morgan fingerprint density at radius 2 is 1.85 bits per heavy atom. The van der Waals surface area contributed by atoms with Crippen LogP contribution in [0.5, 0.6) is 17.2 Å². The summed E-state index contributed by atoms with van der Waals surface area (Å²) in [6, 6.07) is 20.0. The lowest BCUT2D eigenvalue weighted by atomic mass is 10.0. The molecule has 0 saturated heterocycles. The number of nitrogens with zero attached hydrogens (tertiary/aromatic N) is 1. The van der Waals surface area contributed by atoms with Crippen molar-refractivity contribution in [1.29, 1.82) is 0 Å². The number of carbonyl (C=O) groups is 1. The number of nitrogens with one attached hydrogen (secondary N) is 1. The van der Waals surface area contributed by atoms with E-state index in [0.29, 0.717) is 45.0 Å². The molecule has 34 heavy (non-hydrogen) atoms. The molecule has 4 aromatic rings. The first-order chi connectivity index (χ1) is 16.6. The van der Waals surface area contributed by atoms with Crippen LogP contribution in [0.2, 0.25) is 0 Å². The van der Waals surface area contributed by atoms with Gasteiger partial charge in [-0.2, -0.15) is 0 Å². The van der Waals surface area contributed by atoms with Gasteiger partial charge in [0.1, 0.15) is 24.3 Å². The number of carbonyl (C=O) groups excluding carboxylic acids is 1. The highest BCUT2D eigenvalue weighted by Crippen LogP contribution is 2.35. The zero-order valence-electron chi connectivity index (χ0n) is 18.0. The van der Waals surface area contributed by atoms with Crippen LogP contribution in [0.4, 0.5) is 4.39 Å². The topological polar surface area (TPSA) is 89.9 Å². The fourth-order valence-electron chi connectivity index (χ4n) is 3.66. The van der Waals surface area contributed by atoms with Gasteiger partial charge in [-0.25, -0.2) is 9.37 Å². The Kier molecular flexibility index (Phi) is 5.97. The van der Waals surface area contributed by atoms with Gasteiger partial charge in [-0.3, -0.25) is 4.79 Å².